The lowest BCUT2D eigenvalue weighted by Crippen LogP contribution is -2.73. The molecule has 31 heavy (non-hydrogen) atoms. The van der Waals surface area contributed by atoms with Crippen molar-refractivity contribution in [1.29, 1.82) is 0 Å². The number of aromatic nitrogens is 4. The van der Waals surface area contributed by atoms with Gasteiger partial charge in [-0.05, 0) is 0 Å². The standard InChI is InChI=1S/C13H14N8O8S2/c14-13-17-6(3-30-13)9(19-29-2-8(22)23)11(24)18-10-7(1-20-5-15-4-16-20)21(12(10)25)31(26,27)28/h3-5,7,10H,1-2H2,(H2,14,17)(H,18,24)(H,22,23)(H,26,27,28)/t7-,10-/m0/s1. The molecule has 3 rings (SSSR count). The maximum Gasteiger partial charge on any atom is 0.362 e. The van der Waals surface area contributed by atoms with E-state index in [1.165, 1.54) is 22.7 Å². The lowest BCUT2D eigenvalue weighted by molar-refractivity contribution is -0.145. The number of nitrogens with two attached hydrogens (primary N) is 1. The number of β-lactam (4-membered cyclic amide) rings is 1. The molecule has 5 N–H and O–H groups in total. The van der Waals surface area contributed by atoms with Crippen LogP contribution in [0.3, 0.4) is 0 Å². The van der Waals surface area contributed by atoms with E-state index in [1.807, 2.05) is 0 Å². The Balaban J connectivity index is 1.83. The minimum absolute atomic E-state index is 0.0587. The Hall–Kier alpha value is -3.64. The summed E-state index contributed by atoms with van der Waals surface area (Å²) in [7, 11) is -4.91. The summed E-state index contributed by atoms with van der Waals surface area (Å²) in [4.78, 5) is 47.8. The summed E-state index contributed by atoms with van der Waals surface area (Å²) in [5.41, 5.74) is 4.98. The summed E-state index contributed by atoms with van der Waals surface area (Å²) in [5.74, 6) is -3.48. The van der Waals surface area contributed by atoms with Crippen LogP contribution in [-0.2, 0) is 36.1 Å². The first-order valence-electron chi connectivity index (χ1n) is 8.15. The maximum absolute atomic E-state index is 12.7. The number of nitrogen functional groups attached to an aromatic ring is 1. The molecule has 0 unspecified atom stereocenters. The predicted molar refractivity (Wildman–Crippen MR) is 101 cm³/mol. The number of amides is 2. The quantitative estimate of drug-likeness (QED) is 0.126. The van der Waals surface area contributed by atoms with Gasteiger partial charge in [-0.3, -0.25) is 18.8 Å². The fourth-order valence-corrected chi connectivity index (χ4v) is 4.04. The molecule has 3 heterocycles. The molecule has 0 aromatic carbocycles. The molecule has 0 radical (unpaired) electrons. The second-order valence-corrected chi connectivity index (χ2v) is 8.10. The number of carboxylic acid groups (broad SMARTS) is 1. The van der Waals surface area contributed by atoms with Gasteiger partial charge in [-0.2, -0.15) is 13.5 Å². The van der Waals surface area contributed by atoms with E-state index in [4.69, 9.17) is 10.8 Å². The second kappa shape index (κ2) is 8.62. The Morgan fingerprint density at radius 1 is 1.42 bits per heavy atom. The summed E-state index contributed by atoms with van der Waals surface area (Å²) in [5, 5.41) is 19.6. The Kier molecular flexibility index (Phi) is 6.13. The van der Waals surface area contributed by atoms with E-state index in [-0.39, 0.29) is 21.7 Å². The molecule has 0 spiro atoms. The van der Waals surface area contributed by atoms with E-state index >= 15 is 0 Å². The van der Waals surface area contributed by atoms with Crippen molar-refractivity contribution in [2.45, 2.75) is 18.6 Å². The third-order valence-electron chi connectivity index (χ3n) is 3.87. The molecule has 18 heteroatoms. The Labute approximate surface area is 177 Å². The van der Waals surface area contributed by atoms with Crippen LogP contribution in [0.4, 0.5) is 5.13 Å². The van der Waals surface area contributed by atoms with Gasteiger partial charge in [0.05, 0.1) is 12.6 Å². The van der Waals surface area contributed by atoms with Gasteiger partial charge in [0.1, 0.15) is 24.4 Å². The SMILES string of the molecule is Nc1nc(C(=NOCC(=O)O)C(=O)N[C@@H]2C(=O)N(S(=O)(=O)O)[C@H]2Cn2cncn2)cs1. The molecule has 2 aromatic heterocycles. The van der Waals surface area contributed by atoms with Crippen molar-refractivity contribution < 1.29 is 37.3 Å². The largest absolute Gasteiger partial charge is 0.479 e. The molecular formula is C13H14N8O8S2. The van der Waals surface area contributed by atoms with Gasteiger partial charge >= 0.3 is 16.3 Å². The highest BCUT2D eigenvalue weighted by molar-refractivity contribution is 7.84. The fraction of sp³-hybridized carbons (Fsp3) is 0.308. The number of nitrogens with one attached hydrogen (secondary N) is 1. The first-order chi connectivity index (χ1) is 14.6. The van der Waals surface area contributed by atoms with Gasteiger partial charge < -0.3 is 21.0 Å². The average Bonchev–Trinajstić information content (AvgIpc) is 3.33. The van der Waals surface area contributed by atoms with E-state index in [1.54, 1.807) is 0 Å². The molecule has 2 aromatic rings. The molecule has 2 amide bonds. The van der Waals surface area contributed by atoms with E-state index in [2.05, 4.69) is 30.4 Å². The molecule has 16 nitrogen and oxygen atoms in total. The van der Waals surface area contributed by atoms with Crippen LogP contribution >= 0.6 is 11.3 Å². The third-order valence-corrected chi connectivity index (χ3v) is 5.49. The van der Waals surface area contributed by atoms with Crippen molar-refractivity contribution >= 4 is 50.3 Å². The normalized spacial score (nSPS) is 19.1. The molecule has 166 valence electrons. The number of rotatable bonds is 9. The van der Waals surface area contributed by atoms with Crippen LogP contribution in [0.5, 0.6) is 0 Å². The van der Waals surface area contributed by atoms with E-state index in [9.17, 15) is 27.4 Å². The van der Waals surface area contributed by atoms with Gasteiger partial charge in [0.25, 0.3) is 11.8 Å². The smallest absolute Gasteiger partial charge is 0.362 e. The van der Waals surface area contributed by atoms with Crippen molar-refractivity contribution in [2.24, 2.45) is 5.16 Å². The van der Waals surface area contributed by atoms with Gasteiger partial charge in [0, 0.05) is 5.38 Å². The van der Waals surface area contributed by atoms with Gasteiger partial charge in [-0.25, -0.2) is 19.1 Å². The van der Waals surface area contributed by atoms with Gasteiger partial charge in [-0.15, -0.1) is 11.3 Å². The van der Waals surface area contributed by atoms with Crippen LogP contribution in [0.1, 0.15) is 5.69 Å². The Bertz CT molecular complexity index is 1130. The second-order valence-electron chi connectivity index (χ2n) is 5.93. The number of carboxylic acids is 1. The first kappa shape index (κ1) is 22.1. The number of hydrogen-bond donors (Lipinski definition) is 4. The van der Waals surface area contributed by atoms with Crippen molar-refractivity contribution in [1.82, 2.24) is 29.4 Å². The highest BCUT2D eigenvalue weighted by atomic mass is 32.2. The number of oxime groups is 1. The van der Waals surface area contributed by atoms with Crippen LogP contribution in [0, 0.1) is 0 Å². The summed E-state index contributed by atoms with van der Waals surface area (Å²) in [6, 6.07) is -2.62. The highest BCUT2D eigenvalue weighted by Crippen LogP contribution is 2.25. The summed E-state index contributed by atoms with van der Waals surface area (Å²) in [6.07, 6.45) is 2.41. The molecule has 1 aliphatic heterocycles. The zero-order chi connectivity index (χ0) is 22.8. The molecule has 1 fully saturated rings. The van der Waals surface area contributed by atoms with Crippen LogP contribution in [0.2, 0.25) is 0 Å². The van der Waals surface area contributed by atoms with Gasteiger partial charge in [0.2, 0.25) is 6.61 Å². The zero-order valence-electron chi connectivity index (χ0n) is 15.2. The van der Waals surface area contributed by atoms with Crippen molar-refractivity contribution in [2.75, 3.05) is 12.3 Å². The van der Waals surface area contributed by atoms with Crippen LogP contribution in [0.25, 0.3) is 0 Å². The Morgan fingerprint density at radius 2 is 2.16 bits per heavy atom. The number of carbonyl (C=O) groups excluding carboxylic acids is 2. The number of anilines is 1. The lowest BCUT2D eigenvalue weighted by atomic mass is 9.98. The topological polar surface area (TPSA) is 232 Å². The maximum atomic E-state index is 12.7. The van der Waals surface area contributed by atoms with E-state index < -0.39 is 52.5 Å². The van der Waals surface area contributed by atoms with Crippen molar-refractivity contribution in [3.63, 3.8) is 0 Å². The van der Waals surface area contributed by atoms with Gasteiger partial charge in [0.15, 0.2) is 10.8 Å². The number of carbonyl (C=O) groups is 3. The minimum atomic E-state index is -4.91. The lowest BCUT2D eigenvalue weighted by Gasteiger charge is -2.43. The number of aliphatic carboxylic acids is 1. The predicted octanol–water partition coefficient (Wildman–Crippen LogP) is -2.68. The number of thiazole rings is 1. The third kappa shape index (κ3) is 4.92. The summed E-state index contributed by atoms with van der Waals surface area (Å²) < 4.78 is 33.8. The van der Waals surface area contributed by atoms with E-state index in [0.717, 1.165) is 11.3 Å². The molecule has 0 bridgehead atoms. The molecule has 1 aliphatic rings. The fourth-order valence-electron chi connectivity index (χ4n) is 2.62. The summed E-state index contributed by atoms with van der Waals surface area (Å²) in [6.45, 7) is -1.08. The average molecular weight is 474 g/mol. The summed E-state index contributed by atoms with van der Waals surface area (Å²) >= 11 is 0.964. The monoisotopic (exact) mass is 474 g/mol. The molecule has 2 atom stereocenters. The zero-order valence-corrected chi connectivity index (χ0v) is 16.9. The van der Waals surface area contributed by atoms with Crippen molar-refractivity contribution in [3.05, 3.63) is 23.7 Å². The molecule has 1 saturated heterocycles. The van der Waals surface area contributed by atoms with Gasteiger partial charge in [-0.1, -0.05) is 5.16 Å². The molecule has 0 aliphatic carbocycles. The van der Waals surface area contributed by atoms with Crippen LogP contribution in [-0.4, -0.2) is 84.3 Å². The van der Waals surface area contributed by atoms with E-state index in [0.29, 0.717) is 0 Å². The van der Waals surface area contributed by atoms with Crippen LogP contribution in [0.15, 0.2) is 23.2 Å². The Morgan fingerprint density at radius 3 is 2.71 bits per heavy atom. The molecule has 0 saturated carbocycles. The number of nitrogens with zero attached hydrogens (tertiary/aromatic N) is 6. The molecular weight excluding hydrogens is 460 g/mol. The van der Waals surface area contributed by atoms with Crippen LogP contribution < -0.4 is 11.1 Å². The highest BCUT2D eigenvalue weighted by Gasteiger charge is 2.54. The minimum Gasteiger partial charge on any atom is -0.479 e. The van der Waals surface area contributed by atoms with Crippen molar-refractivity contribution in [3.8, 4) is 0 Å². The number of hydrogen-bond acceptors (Lipinski definition) is 12. The first-order valence-corrected chi connectivity index (χ1v) is 10.4.